The molecule has 0 bridgehead atoms. The zero-order valence-electron chi connectivity index (χ0n) is 12.1. The van der Waals surface area contributed by atoms with Crippen molar-refractivity contribution in [2.75, 3.05) is 11.9 Å². The Morgan fingerprint density at radius 2 is 2.00 bits per heavy atom. The summed E-state index contributed by atoms with van der Waals surface area (Å²) >= 11 is 0. The predicted octanol–water partition coefficient (Wildman–Crippen LogP) is 2.66. The zero-order valence-corrected chi connectivity index (χ0v) is 12.1. The molecule has 19 heavy (non-hydrogen) atoms. The number of aromatic nitrogens is 4. The molecule has 0 saturated carbocycles. The summed E-state index contributed by atoms with van der Waals surface area (Å²) < 4.78 is 1.90. The van der Waals surface area contributed by atoms with Gasteiger partial charge in [0.2, 0.25) is 0 Å². The molecule has 0 aliphatic rings. The number of nitrogens with zero attached hydrogens (tertiary/aromatic N) is 4. The summed E-state index contributed by atoms with van der Waals surface area (Å²) in [7, 11) is 0. The highest BCUT2D eigenvalue weighted by Crippen LogP contribution is 2.18. The first-order valence-corrected chi connectivity index (χ1v) is 6.78. The summed E-state index contributed by atoms with van der Waals surface area (Å²) in [4.78, 5) is 8.53. The monoisotopic (exact) mass is 259 g/mol. The Morgan fingerprint density at radius 3 is 2.63 bits per heavy atom. The van der Waals surface area contributed by atoms with Gasteiger partial charge in [-0.15, -0.1) is 0 Å². The number of aryl methyl sites for hydroxylation is 1. The Hall–Kier alpha value is -1.91. The molecule has 0 aromatic carbocycles. The van der Waals surface area contributed by atoms with Gasteiger partial charge in [0, 0.05) is 18.3 Å². The van der Waals surface area contributed by atoms with Crippen LogP contribution in [0.2, 0.25) is 0 Å². The van der Waals surface area contributed by atoms with Crippen LogP contribution in [0.25, 0.3) is 5.82 Å². The van der Waals surface area contributed by atoms with E-state index < -0.39 is 0 Å². The van der Waals surface area contributed by atoms with E-state index >= 15 is 0 Å². The van der Waals surface area contributed by atoms with E-state index in [1.807, 2.05) is 17.7 Å². The molecule has 2 aromatic heterocycles. The average molecular weight is 259 g/mol. The number of anilines is 1. The van der Waals surface area contributed by atoms with Crippen LogP contribution in [0.1, 0.15) is 37.2 Å². The molecule has 0 aliphatic heterocycles. The van der Waals surface area contributed by atoms with Crippen molar-refractivity contribution in [3.8, 4) is 5.82 Å². The minimum absolute atomic E-state index is 0.814. The Balaban J connectivity index is 2.36. The number of hydrogen-bond donors (Lipinski definition) is 1. The maximum absolute atomic E-state index is 4.57. The number of rotatable bonds is 5. The molecule has 5 nitrogen and oxygen atoms in total. The van der Waals surface area contributed by atoms with Gasteiger partial charge in [0.05, 0.1) is 5.69 Å². The third-order valence-corrected chi connectivity index (χ3v) is 3.22. The standard InChI is InChI=1S/C14H21N5/c1-5-7-15-13-8-14(17-9-16-13)19-11(4)12(6-2)10(3)18-19/h8-9H,5-7H2,1-4H3,(H,15,16,17). The van der Waals surface area contributed by atoms with Gasteiger partial charge in [0.1, 0.15) is 12.1 Å². The Labute approximate surface area is 114 Å². The van der Waals surface area contributed by atoms with E-state index in [1.54, 1.807) is 6.33 Å². The Bertz CT molecular complexity index is 559. The first kappa shape index (κ1) is 13.5. The Morgan fingerprint density at radius 1 is 1.21 bits per heavy atom. The molecule has 0 radical (unpaired) electrons. The second-order valence-corrected chi connectivity index (χ2v) is 4.60. The Kier molecular flexibility index (Phi) is 4.14. The van der Waals surface area contributed by atoms with Crippen LogP contribution in [0.15, 0.2) is 12.4 Å². The SMILES string of the molecule is CCCNc1cc(-n2nc(C)c(CC)c2C)ncn1. The van der Waals surface area contributed by atoms with Crippen LogP contribution in [0.3, 0.4) is 0 Å². The minimum atomic E-state index is 0.814. The van der Waals surface area contributed by atoms with Crippen LogP contribution in [0.5, 0.6) is 0 Å². The van der Waals surface area contributed by atoms with E-state index in [9.17, 15) is 0 Å². The quantitative estimate of drug-likeness (QED) is 0.897. The van der Waals surface area contributed by atoms with Crippen molar-refractivity contribution in [1.29, 1.82) is 0 Å². The molecule has 2 heterocycles. The van der Waals surface area contributed by atoms with E-state index in [4.69, 9.17) is 0 Å². The summed E-state index contributed by atoms with van der Waals surface area (Å²) in [5, 5.41) is 7.84. The van der Waals surface area contributed by atoms with Gasteiger partial charge in [-0.05, 0) is 32.3 Å². The highest BCUT2D eigenvalue weighted by Gasteiger charge is 2.12. The largest absolute Gasteiger partial charge is 0.370 e. The lowest BCUT2D eigenvalue weighted by atomic mass is 10.1. The molecule has 2 rings (SSSR count). The summed E-state index contributed by atoms with van der Waals surface area (Å²) in [6, 6.07) is 1.94. The summed E-state index contributed by atoms with van der Waals surface area (Å²) in [5.74, 6) is 1.66. The number of nitrogens with one attached hydrogen (secondary N) is 1. The molecule has 1 N–H and O–H groups in total. The molecular formula is C14H21N5. The smallest absolute Gasteiger partial charge is 0.159 e. The maximum Gasteiger partial charge on any atom is 0.159 e. The van der Waals surface area contributed by atoms with Gasteiger partial charge in [-0.3, -0.25) is 0 Å². The van der Waals surface area contributed by atoms with Crippen LogP contribution < -0.4 is 5.32 Å². The zero-order chi connectivity index (χ0) is 13.8. The van der Waals surface area contributed by atoms with E-state index in [-0.39, 0.29) is 0 Å². The van der Waals surface area contributed by atoms with Crippen LogP contribution in [0, 0.1) is 13.8 Å². The van der Waals surface area contributed by atoms with Crippen LogP contribution in [-0.4, -0.2) is 26.3 Å². The topological polar surface area (TPSA) is 55.6 Å². The van der Waals surface area contributed by atoms with Gasteiger partial charge in [-0.1, -0.05) is 13.8 Å². The fraction of sp³-hybridized carbons (Fsp3) is 0.500. The van der Waals surface area contributed by atoms with Crippen molar-refractivity contribution < 1.29 is 0 Å². The van der Waals surface area contributed by atoms with Gasteiger partial charge in [0.15, 0.2) is 5.82 Å². The van der Waals surface area contributed by atoms with Crippen LogP contribution in [0.4, 0.5) is 5.82 Å². The van der Waals surface area contributed by atoms with Crippen molar-refractivity contribution in [3.63, 3.8) is 0 Å². The van der Waals surface area contributed by atoms with Gasteiger partial charge < -0.3 is 5.32 Å². The molecule has 0 spiro atoms. The maximum atomic E-state index is 4.57. The van der Waals surface area contributed by atoms with Gasteiger partial charge in [-0.2, -0.15) is 5.10 Å². The van der Waals surface area contributed by atoms with E-state index in [0.717, 1.165) is 42.4 Å². The third kappa shape index (κ3) is 2.75. The predicted molar refractivity (Wildman–Crippen MR) is 76.8 cm³/mol. The van der Waals surface area contributed by atoms with Crippen molar-refractivity contribution >= 4 is 5.82 Å². The van der Waals surface area contributed by atoms with Gasteiger partial charge in [0.25, 0.3) is 0 Å². The molecule has 2 aromatic rings. The molecule has 0 fully saturated rings. The van der Waals surface area contributed by atoms with Crippen LogP contribution >= 0.6 is 0 Å². The first-order chi connectivity index (χ1) is 9.17. The third-order valence-electron chi connectivity index (χ3n) is 3.22. The lowest BCUT2D eigenvalue weighted by Crippen LogP contribution is -2.06. The van der Waals surface area contributed by atoms with Crippen LogP contribution in [-0.2, 0) is 6.42 Å². The lowest BCUT2D eigenvalue weighted by molar-refractivity contribution is 0.799. The molecular weight excluding hydrogens is 238 g/mol. The number of hydrogen-bond acceptors (Lipinski definition) is 4. The average Bonchev–Trinajstić information content (AvgIpc) is 2.71. The van der Waals surface area contributed by atoms with E-state index in [2.05, 4.69) is 41.2 Å². The van der Waals surface area contributed by atoms with Crippen molar-refractivity contribution in [2.45, 2.75) is 40.5 Å². The first-order valence-electron chi connectivity index (χ1n) is 6.78. The van der Waals surface area contributed by atoms with Crippen molar-refractivity contribution in [1.82, 2.24) is 19.7 Å². The lowest BCUT2D eigenvalue weighted by Gasteiger charge is -2.07. The fourth-order valence-corrected chi connectivity index (χ4v) is 2.22. The molecule has 0 amide bonds. The molecule has 0 unspecified atom stereocenters. The summed E-state index contributed by atoms with van der Waals surface area (Å²) in [6.45, 7) is 9.31. The van der Waals surface area contributed by atoms with Crippen molar-refractivity contribution in [2.24, 2.45) is 0 Å². The van der Waals surface area contributed by atoms with Gasteiger partial charge in [-0.25, -0.2) is 14.6 Å². The molecule has 5 heteroatoms. The minimum Gasteiger partial charge on any atom is -0.370 e. The second-order valence-electron chi connectivity index (χ2n) is 4.60. The molecule has 0 saturated heterocycles. The normalized spacial score (nSPS) is 10.7. The van der Waals surface area contributed by atoms with Gasteiger partial charge >= 0.3 is 0 Å². The van der Waals surface area contributed by atoms with Crippen molar-refractivity contribution in [3.05, 3.63) is 29.3 Å². The summed E-state index contributed by atoms with van der Waals surface area (Å²) in [5.41, 5.74) is 3.52. The highest BCUT2D eigenvalue weighted by atomic mass is 15.3. The highest BCUT2D eigenvalue weighted by molar-refractivity contribution is 5.42. The van der Waals surface area contributed by atoms with E-state index in [1.165, 1.54) is 5.56 Å². The molecule has 102 valence electrons. The molecule has 0 aliphatic carbocycles. The van der Waals surface area contributed by atoms with E-state index in [0.29, 0.717) is 0 Å². The molecule has 0 atom stereocenters. The summed E-state index contributed by atoms with van der Waals surface area (Å²) in [6.07, 6.45) is 3.64. The second kappa shape index (κ2) is 5.82. The fourth-order valence-electron chi connectivity index (χ4n) is 2.22.